The van der Waals surface area contributed by atoms with Crippen LogP contribution in [0.25, 0.3) is 0 Å². The van der Waals surface area contributed by atoms with Gasteiger partial charge in [0, 0.05) is 16.6 Å². The van der Waals surface area contributed by atoms with Crippen LogP contribution in [-0.2, 0) is 6.42 Å². The molecular formula is C12H16ClNO2. The average Bonchev–Trinajstić information content (AvgIpc) is 2.99. The number of benzene rings is 1. The molecule has 0 heterocycles. The number of rotatable bonds is 4. The second-order valence-electron chi connectivity index (χ2n) is 4.34. The van der Waals surface area contributed by atoms with E-state index < -0.39 is 0 Å². The van der Waals surface area contributed by atoms with Crippen molar-refractivity contribution < 1.29 is 9.47 Å². The first-order chi connectivity index (χ1) is 7.58. The number of halogens is 1. The summed E-state index contributed by atoms with van der Waals surface area (Å²) >= 11 is 6.18. The Labute approximate surface area is 100 Å². The van der Waals surface area contributed by atoms with Crippen molar-refractivity contribution in [2.45, 2.75) is 24.8 Å². The Morgan fingerprint density at radius 3 is 2.31 bits per heavy atom. The molecule has 0 saturated heterocycles. The van der Waals surface area contributed by atoms with Crippen molar-refractivity contribution in [3.05, 3.63) is 22.7 Å². The van der Waals surface area contributed by atoms with Gasteiger partial charge in [-0.2, -0.15) is 0 Å². The predicted octanol–water partition coefficient (Wildman–Crippen LogP) is 2.39. The molecule has 3 nitrogen and oxygen atoms in total. The molecule has 1 aromatic carbocycles. The summed E-state index contributed by atoms with van der Waals surface area (Å²) in [5, 5.41) is 0.689. The van der Waals surface area contributed by atoms with E-state index in [1.54, 1.807) is 20.3 Å². The Morgan fingerprint density at radius 1 is 1.25 bits per heavy atom. The molecule has 1 aromatic rings. The first-order valence-electron chi connectivity index (χ1n) is 5.27. The van der Waals surface area contributed by atoms with Crippen LogP contribution >= 0.6 is 11.6 Å². The zero-order chi connectivity index (χ0) is 11.8. The maximum atomic E-state index is 6.18. The Morgan fingerprint density at radius 2 is 1.81 bits per heavy atom. The van der Waals surface area contributed by atoms with Gasteiger partial charge in [0.2, 0.25) is 0 Å². The van der Waals surface area contributed by atoms with Gasteiger partial charge >= 0.3 is 0 Å². The Kier molecular flexibility index (Phi) is 3.00. The number of methoxy groups -OCH3 is 2. The molecule has 0 aliphatic heterocycles. The summed E-state index contributed by atoms with van der Waals surface area (Å²) < 4.78 is 10.4. The number of ether oxygens (including phenoxy) is 2. The van der Waals surface area contributed by atoms with Crippen LogP contribution in [0.2, 0.25) is 5.02 Å². The van der Waals surface area contributed by atoms with Gasteiger partial charge in [0.05, 0.1) is 14.2 Å². The first kappa shape index (κ1) is 11.6. The fourth-order valence-corrected chi connectivity index (χ4v) is 1.97. The van der Waals surface area contributed by atoms with E-state index in [0.717, 1.165) is 24.8 Å². The fourth-order valence-electron chi connectivity index (χ4n) is 1.75. The molecule has 1 aliphatic rings. The smallest absolute Gasteiger partial charge is 0.162 e. The quantitative estimate of drug-likeness (QED) is 0.881. The van der Waals surface area contributed by atoms with E-state index in [1.165, 1.54) is 0 Å². The predicted molar refractivity (Wildman–Crippen MR) is 64.4 cm³/mol. The van der Waals surface area contributed by atoms with Gasteiger partial charge in [-0.25, -0.2) is 0 Å². The zero-order valence-electron chi connectivity index (χ0n) is 9.55. The minimum atomic E-state index is -0.0523. The third kappa shape index (κ3) is 2.25. The van der Waals surface area contributed by atoms with Crippen LogP contribution in [0.15, 0.2) is 12.1 Å². The summed E-state index contributed by atoms with van der Waals surface area (Å²) in [6, 6.07) is 3.69. The Balaban J connectivity index is 2.30. The topological polar surface area (TPSA) is 44.5 Å². The molecule has 0 amide bonds. The normalized spacial score (nSPS) is 17.0. The maximum absolute atomic E-state index is 6.18. The number of hydrogen-bond donors (Lipinski definition) is 1. The average molecular weight is 242 g/mol. The van der Waals surface area contributed by atoms with E-state index in [0.29, 0.717) is 16.5 Å². The SMILES string of the molecule is COc1cc(Cl)c(CC2(N)CC2)cc1OC. The van der Waals surface area contributed by atoms with Gasteiger partial charge in [0.25, 0.3) is 0 Å². The van der Waals surface area contributed by atoms with Crippen molar-refractivity contribution in [2.75, 3.05) is 14.2 Å². The molecule has 0 unspecified atom stereocenters. The molecule has 16 heavy (non-hydrogen) atoms. The molecule has 0 radical (unpaired) electrons. The summed E-state index contributed by atoms with van der Waals surface area (Å²) in [5.74, 6) is 1.35. The molecule has 1 aliphatic carbocycles. The van der Waals surface area contributed by atoms with Crippen LogP contribution in [0, 0.1) is 0 Å². The Hall–Kier alpha value is -0.930. The van der Waals surface area contributed by atoms with Gasteiger partial charge in [0.15, 0.2) is 11.5 Å². The molecule has 0 atom stereocenters. The van der Waals surface area contributed by atoms with Crippen LogP contribution in [0.4, 0.5) is 0 Å². The summed E-state index contributed by atoms with van der Waals surface area (Å²) in [6.45, 7) is 0. The van der Waals surface area contributed by atoms with Crippen LogP contribution < -0.4 is 15.2 Å². The standard InChI is InChI=1S/C12H16ClNO2/c1-15-10-5-8(7-12(14)3-4-12)9(13)6-11(10)16-2/h5-6H,3-4,7,14H2,1-2H3. The van der Waals surface area contributed by atoms with E-state index in [1.807, 2.05) is 6.07 Å². The summed E-state index contributed by atoms with van der Waals surface area (Å²) in [5.41, 5.74) is 7.05. The Bertz CT molecular complexity index is 402. The lowest BCUT2D eigenvalue weighted by molar-refractivity contribution is 0.354. The molecule has 1 saturated carbocycles. The van der Waals surface area contributed by atoms with Gasteiger partial charge in [0.1, 0.15) is 0 Å². The summed E-state index contributed by atoms with van der Waals surface area (Å²) in [6.07, 6.45) is 2.93. The van der Waals surface area contributed by atoms with Crippen molar-refractivity contribution in [1.82, 2.24) is 0 Å². The molecule has 2 N–H and O–H groups in total. The highest BCUT2D eigenvalue weighted by atomic mass is 35.5. The van der Waals surface area contributed by atoms with Gasteiger partial charge in [-0.1, -0.05) is 11.6 Å². The lowest BCUT2D eigenvalue weighted by atomic mass is 10.0. The largest absolute Gasteiger partial charge is 0.493 e. The van der Waals surface area contributed by atoms with Crippen molar-refractivity contribution in [3.8, 4) is 11.5 Å². The molecule has 1 fully saturated rings. The molecule has 0 aromatic heterocycles. The van der Waals surface area contributed by atoms with Crippen molar-refractivity contribution in [1.29, 1.82) is 0 Å². The highest BCUT2D eigenvalue weighted by Crippen LogP contribution is 2.40. The van der Waals surface area contributed by atoms with Crippen LogP contribution in [0.1, 0.15) is 18.4 Å². The molecule has 2 rings (SSSR count). The van der Waals surface area contributed by atoms with Gasteiger partial charge in [-0.05, 0) is 30.9 Å². The minimum Gasteiger partial charge on any atom is -0.493 e. The number of nitrogens with two attached hydrogens (primary N) is 1. The first-order valence-corrected chi connectivity index (χ1v) is 5.65. The maximum Gasteiger partial charge on any atom is 0.162 e. The monoisotopic (exact) mass is 241 g/mol. The van der Waals surface area contributed by atoms with E-state index in [4.69, 9.17) is 26.8 Å². The third-order valence-corrected chi connectivity index (χ3v) is 3.34. The fraction of sp³-hybridized carbons (Fsp3) is 0.500. The third-order valence-electron chi connectivity index (χ3n) is 2.99. The molecule has 4 heteroatoms. The van der Waals surface area contributed by atoms with Gasteiger partial charge in [-0.3, -0.25) is 0 Å². The molecule has 0 spiro atoms. The van der Waals surface area contributed by atoms with Gasteiger partial charge < -0.3 is 15.2 Å². The highest BCUT2D eigenvalue weighted by molar-refractivity contribution is 6.31. The number of hydrogen-bond acceptors (Lipinski definition) is 3. The van der Waals surface area contributed by atoms with Crippen molar-refractivity contribution in [3.63, 3.8) is 0 Å². The van der Waals surface area contributed by atoms with Gasteiger partial charge in [-0.15, -0.1) is 0 Å². The van der Waals surface area contributed by atoms with Crippen LogP contribution in [0.5, 0.6) is 11.5 Å². The molecule has 0 bridgehead atoms. The summed E-state index contributed by atoms with van der Waals surface area (Å²) in [4.78, 5) is 0. The lowest BCUT2D eigenvalue weighted by Gasteiger charge is -2.14. The lowest BCUT2D eigenvalue weighted by Crippen LogP contribution is -2.24. The van der Waals surface area contributed by atoms with E-state index in [2.05, 4.69) is 0 Å². The second kappa shape index (κ2) is 4.15. The van der Waals surface area contributed by atoms with Crippen molar-refractivity contribution in [2.24, 2.45) is 5.73 Å². The van der Waals surface area contributed by atoms with Crippen LogP contribution in [-0.4, -0.2) is 19.8 Å². The van der Waals surface area contributed by atoms with Crippen LogP contribution in [0.3, 0.4) is 0 Å². The molecular weight excluding hydrogens is 226 g/mol. The second-order valence-corrected chi connectivity index (χ2v) is 4.74. The van der Waals surface area contributed by atoms with E-state index in [-0.39, 0.29) is 5.54 Å². The van der Waals surface area contributed by atoms with Crippen molar-refractivity contribution >= 4 is 11.6 Å². The van der Waals surface area contributed by atoms with E-state index >= 15 is 0 Å². The minimum absolute atomic E-state index is 0.0523. The summed E-state index contributed by atoms with van der Waals surface area (Å²) in [7, 11) is 3.21. The van der Waals surface area contributed by atoms with E-state index in [9.17, 15) is 0 Å². The zero-order valence-corrected chi connectivity index (χ0v) is 10.3. The highest BCUT2D eigenvalue weighted by Gasteiger charge is 2.38. The molecule has 88 valence electrons.